The fourth-order valence-electron chi connectivity index (χ4n) is 1.30. The van der Waals surface area contributed by atoms with E-state index >= 15 is 0 Å². The first kappa shape index (κ1) is 13.0. The number of carboxylic acids is 1. The second kappa shape index (κ2) is 6.48. The van der Waals surface area contributed by atoms with Crippen LogP contribution in [0.5, 0.6) is 5.75 Å². The molecule has 0 aliphatic carbocycles. The predicted molar refractivity (Wildman–Crippen MR) is 63.9 cm³/mol. The highest BCUT2D eigenvalue weighted by Gasteiger charge is 2.02. The number of carbonyl (C=O) groups excluding carboxylic acids is 1. The number of hydrogen-bond donors (Lipinski definition) is 1. The summed E-state index contributed by atoms with van der Waals surface area (Å²) < 4.78 is 5.12. The van der Waals surface area contributed by atoms with Crippen LogP contribution in [0.4, 0.5) is 0 Å². The molecule has 0 radical (unpaired) electrons. The van der Waals surface area contributed by atoms with E-state index in [1.54, 1.807) is 19.3 Å². The molecule has 0 aliphatic heterocycles. The van der Waals surface area contributed by atoms with Crippen LogP contribution in [-0.2, 0) is 9.59 Å². The van der Waals surface area contributed by atoms with Gasteiger partial charge in [0.1, 0.15) is 5.75 Å². The lowest BCUT2D eigenvalue weighted by molar-refractivity contribution is -0.138. The van der Waals surface area contributed by atoms with Gasteiger partial charge in [0.15, 0.2) is 5.78 Å². The highest BCUT2D eigenvalue weighted by atomic mass is 16.5. The number of para-hydroxylation sites is 1. The molecule has 90 valence electrons. The van der Waals surface area contributed by atoms with E-state index in [4.69, 9.17) is 9.84 Å². The van der Waals surface area contributed by atoms with Crippen molar-refractivity contribution in [2.24, 2.45) is 0 Å². The first-order chi connectivity index (χ1) is 8.13. The van der Waals surface area contributed by atoms with Crippen LogP contribution < -0.4 is 4.74 Å². The molecular formula is C13H14O4. The number of allylic oxidation sites excluding steroid dienone is 1. The second-order valence-corrected chi connectivity index (χ2v) is 3.44. The molecule has 1 rings (SSSR count). The highest BCUT2D eigenvalue weighted by Crippen LogP contribution is 2.18. The van der Waals surface area contributed by atoms with Crippen LogP contribution in [0.15, 0.2) is 30.3 Å². The van der Waals surface area contributed by atoms with Crippen molar-refractivity contribution in [2.45, 2.75) is 12.8 Å². The van der Waals surface area contributed by atoms with Gasteiger partial charge in [0.2, 0.25) is 0 Å². The third-order valence-electron chi connectivity index (χ3n) is 2.17. The van der Waals surface area contributed by atoms with Crippen LogP contribution in [0.25, 0.3) is 6.08 Å². The molecule has 0 saturated heterocycles. The summed E-state index contributed by atoms with van der Waals surface area (Å²) in [5.74, 6) is -0.503. The number of benzene rings is 1. The maximum Gasteiger partial charge on any atom is 0.303 e. The van der Waals surface area contributed by atoms with Gasteiger partial charge < -0.3 is 9.84 Å². The topological polar surface area (TPSA) is 63.6 Å². The number of carboxylic acid groups (broad SMARTS) is 1. The van der Waals surface area contributed by atoms with E-state index < -0.39 is 5.97 Å². The van der Waals surface area contributed by atoms with Crippen molar-refractivity contribution in [1.29, 1.82) is 0 Å². The molecule has 0 unspecified atom stereocenters. The largest absolute Gasteiger partial charge is 0.496 e. The summed E-state index contributed by atoms with van der Waals surface area (Å²) in [5.41, 5.74) is 0.790. The Morgan fingerprint density at radius 1 is 1.29 bits per heavy atom. The van der Waals surface area contributed by atoms with E-state index in [0.717, 1.165) is 5.56 Å². The van der Waals surface area contributed by atoms with Gasteiger partial charge in [-0.15, -0.1) is 0 Å². The monoisotopic (exact) mass is 234 g/mol. The molecule has 1 aromatic carbocycles. The molecule has 0 aromatic heterocycles. The van der Waals surface area contributed by atoms with Crippen LogP contribution in [-0.4, -0.2) is 24.0 Å². The number of rotatable bonds is 6. The molecule has 4 nitrogen and oxygen atoms in total. The number of aliphatic carboxylic acids is 1. The molecule has 0 aliphatic rings. The van der Waals surface area contributed by atoms with Crippen molar-refractivity contribution in [3.63, 3.8) is 0 Å². The minimum absolute atomic E-state index is 0.0149. The van der Waals surface area contributed by atoms with E-state index in [9.17, 15) is 9.59 Å². The van der Waals surface area contributed by atoms with Crippen molar-refractivity contribution in [3.8, 4) is 5.75 Å². The zero-order chi connectivity index (χ0) is 12.7. The lowest BCUT2D eigenvalue weighted by Gasteiger charge is -2.02. The number of methoxy groups -OCH3 is 1. The summed E-state index contributed by atoms with van der Waals surface area (Å²) in [4.78, 5) is 21.6. The number of carbonyl (C=O) groups is 2. The summed E-state index contributed by atoms with van der Waals surface area (Å²) in [6.07, 6.45) is 2.87. The quantitative estimate of drug-likeness (QED) is 0.766. The summed E-state index contributed by atoms with van der Waals surface area (Å²) in [6.45, 7) is 0. The fraction of sp³-hybridized carbons (Fsp3) is 0.231. The third kappa shape index (κ3) is 4.51. The van der Waals surface area contributed by atoms with Gasteiger partial charge in [-0.25, -0.2) is 0 Å². The summed E-state index contributed by atoms with van der Waals surface area (Å²) in [5, 5.41) is 8.43. The van der Waals surface area contributed by atoms with Crippen LogP contribution in [0.3, 0.4) is 0 Å². The Morgan fingerprint density at radius 3 is 2.65 bits per heavy atom. The van der Waals surface area contributed by atoms with Gasteiger partial charge in [-0.2, -0.15) is 0 Å². The Morgan fingerprint density at radius 2 is 2.00 bits per heavy atom. The van der Waals surface area contributed by atoms with Gasteiger partial charge in [0, 0.05) is 12.0 Å². The Bertz CT molecular complexity index is 435. The molecule has 0 fully saturated rings. The Balaban J connectivity index is 2.63. The Labute approximate surface area is 99.5 Å². The van der Waals surface area contributed by atoms with Crippen molar-refractivity contribution < 1.29 is 19.4 Å². The average molecular weight is 234 g/mol. The lowest BCUT2D eigenvalue weighted by atomic mass is 10.1. The Hall–Kier alpha value is -2.10. The van der Waals surface area contributed by atoms with E-state index in [1.807, 2.05) is 18.2 Å². The van der Waals surface area contributed by atoms with Gasteiger partial charge in [-0.3, -0.25) is 9.59 Å². The normalized spacial score (nSPS) is 10.4. The van der Waals surface area contributed by atoms with Crippen molar-refractivity contribution in [2.75, 3.05) is 7.11 Å². The molecule has 0 amide bonds. The highest BCUT2D eigenvalue weighted by molar-refractivity contribution is 5.95. The predicted octanol–water partition coefficient (Wildman–Crippen LogP) is 2.14. The van der Waals surface area contributed by atoms with Crippen molar-refractivity contribution in [3.05, 3.63) is 35.9 Å². The SMILES string of the molecule is COc1ccccc1/C=C/C(=O)CCC(=O)O. The van der Waals surface area contributed by atoms with Gasteiger partial charge in [0.25, 0.3) is 0 Å². The fourth-order valence-corrected chi connectivity index (χ4v) is 1.30. The molecule has 1 N–H and O–H groups in total. The summed E-state index contributed by atoms with van der Waals surface area (Å²) >= 11 is 0. The number of ketones is 1. The van der Waals surface area contributed by atoms with Crippen LogP contribution in [0.1, 0.15) is 18.4 Å². The Kier molecular flexibility index (Phi) is 4.94. The second-order valence-electron chi connectivity index (χ2n) is 3.44. The molecule has 0 spiro atoms. The van der Waals surface area contributed by atoms with Crippen molar-refractivity contribution in [1.82, 2.24) is 0 Å². The average Bonchev–Trinajstić information content (AvgIpc) is 2.34. The number of ether oxygens (including phenoxy) is 1. The molecule has 0 atom stereocenters. The van der Waals surface area contributed by atoms with E-state index in [-0.39, 0.29) is 18.6 Å². The maximum atomic E-state index is 11.3. The molecule has 1 aromatic rings. The van der Waals surface area contributed by atoms with Gasteiger partial charge >= 0.3 is 5.97 Å². The van der Waals surface area contributed by atoms with Gasteiger partial charge in [0.05, 0.1) is 13.5 Å². The van der Waals surface area contributed by atoms with E-state index in [1.165, 1.54) is 6.08 Å². The minimum atomic E-state index is -0.968. The molecule has 4 heteroatoms. The molecule has 0 heterocycles. The zero-order valence-electron chi connectivity index (χ0n) is 9.55. The molecule has 17 heavy (non-hydrogen) atoms. The smallest absolute Gasteiger partial charge is 0.303 e. The van der Waals surface area contributed by atoms with Crippen LogP contribution in [0.2, 0.25) is 0 Å². The third-order valence-corrected chi connectivity index (χ3v) is 2.17. The van der Waals surface area contributed by atoms with Crippen LogP contribution >= 0.6 is 0 Å². The van der Waals surface area contributed by atoms with Crippen molar-refractivity contribution >= 4 is 17.8 Å². The number of hydrogen-bond acceptors (Lipinski definition) is 3. The van der Waals surface area contributed by atoms with Gasteiger partial charge in [-0.1, -0.05) is 18.2 Å². The summed E-state index contributed by atoms with van der Waals surface area (Å²) in [6, 6.07) is 7.29. The van der Waals surface area contributed by atoms with Crippen LogP contribution in [0, 0.1) is 0 Å². The molecule has 0 saturated carbocycles. The molecular weight excluding hydrogens is 220 g/mol. The lowest BCUT2D eigenvalue weighted by Crippen LogP contribution is -2.00. The zero-order valence-corrected chi connectivity index (χ0v) is 9.55. The maximum absolute atomic E-state index is 11.3. The first-order valence-corrected chi connectivity index (χ1v) is 5.19. The first-order valence-electron chi connectivity index (χ1n) is 5.19. The van der Waals surface area contributed by atoms with E-state index in [0.29, 0.717) is 5.75 Å². The standard InChI is InChI=1S/C13H14O4/c1-17-12-5-3-2-4-10(12)6-7-11(14)8-9-13(15)16/h2-7H,8-9H2,1H3,(H,15,16)/b7-6+. The van der Waals surface area contributed by atoms with Gasteiger partial charge in [-0.05, 0) is 18.2 Å². The van der Waals surface area contributed by atoms with E-state index in [2.05, 4.69) is 0 Å². The molecule has 0 bridgehead atoms. The summed E-state index contributed by atoms with van der Waals surface area (Å²) in [7, 11) is 1.55. The minimum Gasteiger partial charge on any atom is -0.496 e.